The first-order chi connectivity index (χ1) is 15.3. The highest BCUT2D eigenvalue weighted by Crippen LogP contribution is 2.23. The number of amides is 3. The largest absolute Gasteiger partial charge is 0.341 e. The van der Waals surface area contributed by atoms with Gasteiger partial charge in [0.15, 0.2) is 0 Å². The lowest BCUT2D eigenvalue weighted by atomic mass is 9.94. The molecule has 0 bridgehead atoms. The Morgan fingerprint density at radius 1 is 1.00 bits per heavy atom. The zero-order chi connectivity index (χ0) is 23.3. The summed E-state index contributed by atoms with van der Waals surface area (Å²) in [5.41, 5.74) is 1.03. The summed E-state index contributed by atoms with van der Waals surface area (Å²) in [6.45, 7) is 4.69. The number of halogens is 2. The van der Waals surface area contributed by atoms with Crippen molar-refractivity contribution in [2.24, 2.45) is 11.8 Å². The molecule has 6 nitrogen and oxygen atoms in total. The summed E-state index contributed by atoms with van der Waals surface area (Å²) in [7, 11) is 0. The van der Waals surface area contributed by atoms with Crippen LogP contribution in [-0.2, 0) is 9.59 Å². The normalized spacial score (nSPS) is 15.3. The van der Waals surface area contributed by atoms with E-state index in [1.807, 2.05) is 44.2 Å². The maximum absolute atomic E-state index is 13.2. The van der Waals surface area contributed by atoms with Crippen molar-refractivity contribution in [2.75, 3.05) is 18.4 Å². The van der Waals surface area contributed by atoms with Gasteiger partial charge in [0.25, 0.3) is 5.91 Å². The van der Waals surface area contributed by atoms with E-state index >= 15 is 0 Å². The lowest BCUT2D eigenvalue weighted by molar-refractivity contribution is -0.137. The van der Waals surface area contributed by atoms with Crippen molar-refractivity contribution in [1.82, 2.24) is 10.2 Å². The number of hydrogen-bond acceptors (Lipinski definition) is 3. The van der Waals surface area contributed by atoms with Crippen LogP contribution in [0.25, 0.3) is 0 Å². The van der Waals surface area contributed by atoms with Gasteiger partial charge < -0.3 is 15.5 Å². The van der Waals surface area contributed by atoms with Crippen LogP contribution in [0.15, 0.2) is 48.5 Å². The maximum atomic E-state index is 13.2. The minimum absolute atomic E-state index is 0.0330. The van der Waals surface area contributed by atoms with Crippen LogP contribution < -0.4 is 10.6 Å². The molecule has 2 N–H and O–H groups in total. The Morgan fingerprint density at radius 3 is 2.25 bits per heavy atom. The second-order valence-corrected chi connectivity index (χ2v) is 9.12. The summed E-state index contributed by atoms with van der Waals surface area (Å²) in [4.78, 5) is 40.2. The summed E-state index contributed by atoms with van der Waals surface area (Å²) in [5, 5.41) is 6.41. The zero-order valence-electron chi connectivity index (χ0n) is 18.1. The molecule has 0 aliphatic carbocycles. The van der Waals surface area contributed by atoms with Crippen molar-refractivity contribution in [2.45, 2.75) is 32.7 Å². The van der Waals surface area contributed by atoms with Crippen molar-refractivity contribution < 1.29 is 14.4 Å². The number of carbonyl (C=O) groups excluding carboxylic acids is 3. The highest BCUT2D eigenvalue weighted by molar-refractivity contribution is 6.36. The fourth-order valence-corrected chi connectivity index (χ4v) is 4.23. The first-order valence-electron chi connectivity index (χ1n) is 10.7. The van der Waals surface area contributed by atoms with Crippen LogP contribution in [0.1, 0.15) is 37.0 Å². The van der Waals surface area contributed by atoms with E-state index in [-0.39, 0.29) is 34.2 Å². The topological polar surface area (TPSA) is 78.5 Å². The third-order valence-corrected chi connectivity index (χ3v) is 6.16. The molecule has 1 atom stereocenters. The SMILES string of the molecule is CC(C)C(NC(=O)c1ccc(Cl)cc1Cl)C(=O)N1CCC(C(=O)Nc2ccccc2)CC1. The van der Waals surface area contributed by atoms with Crippen LogP contribution in [0, 0.1) is 11.8 Å². The lowest BCUT2D eigenvalue weighted by Crippen LogP contribution is -2.53. The molecule has 1 aliphatic heterocycles. The highest BCUT2D eigenvalue weighted by Gasteiger charge is 2.33. The zero-order valence-corrected chi connectivity index (χ0v) is 19.6. The van der Waals surface area contributed by atoms with Gasteiger partial charge in [-0.2, -0.15) is 0 Å². The molecule has 0 aromatic heterocycles. The van der Waals surface area contributed by atoms with Crippen molar-refractivity contribution in [3.63, 3.8) is 0 Å². The molecule has 0 saturated carbocycles. The lowest BCUT2D eigenvalue weighted by Gasteiger charge is -2.35. The Hall–Kier alpha value is -2.57. The predicted octanol–water partition coefficient (Wildman–Crippen LogP) is 4.63. The fraction of sp³-hybridized carbons (Fsp3) is 0.375. The molecule has 170 valence electrons. The summed E-state index contributed by atoms with van der Waals surface area (Å²) in [6, 6.07) is 13.3. The fourth-order valence-electron chi connectivity index (χ4n) is 3.73. The number of rotatable bonds is 6. The van der Waals surface area contributed by atoms with Crippen molar-refractivity contribution in [1.29, 1.82) is 0 Å². The molecular formula is C24H27Cl2N3O3. The molecule has 0 spiro atoms. The Balaban J connectivity index is 1.59. The number of likely N-dealkylation sites (tertiary alicyclic amines) is 1. The van der Waals surface area contributed by atoms with E-state index in [9.17, 15) is 14.4 Å². The van der Waals surface area contributed by atoms with Crippen LogP contribution in [0.3, 0.4) is 0 Å². The van der Waals surface area contributed by atoms with Gasteiger partial charge in [-0.15, -0.1) is 0 Å². The smallest absolute Gasteiger partial charge is 0.253 e. The Labute approximate surface area is 198 Å². The number of carbonyl (C=O) groups is 3. The molecule has 1 aliphatic rings. The van der Waals surface area contributed by atoms with Crippen molar-refractivity contribution in [3.05, 3.63) is 64.1 Å². The molecule has 1 saturated heterocycles. The number of benzene rings is 2. The predicted molar refractivity (Wildman–Crippen MR) is 127 cm³/mol. The maximum Gasteiger partial charge on any atom is 0.253 e. The highest BCUT2D eigenvalue weighted by atomic mass is 35.5. The average Bonchev–Trinajstić information content (AvgIpc) is 2.77. The molecule has 3 rings (SSSR count). The van der Waals surface area contributed by atoms with Crippen LogP contribution in [0.5, 0.6) is 0 Å². The van der Waals surface area contributed by atoms with E-state index in [0.717, 1.165) is 5.69 Å². The first kappa shape index (κ1) is 24.1. The van der Waals surface area contributed by atoms with Gasteiger partial charge in [0, 0.05) is 29.7 Å². The van der Waals surface area contributed by atoms with Crippen molar-refractivity contribution >= 4 is 46.6 Å². The third kappa shape index (κ3) is 6.02. The van der Waals surface area contributed by atoms with Crippen molar-refractivity contribution in [3.8, 4) is 0 Å². The van der Waals surface area contributed by atoms with Crippen LogP contribution in [0.4, 0.5) is 5.69 Å². The first-order valence-corrected chi connectivity index (χ1v) is 11.4. The van der Waals surface area contributed by atoms with E-state index in [0.29, 0.717) is 31.0 Å². The Bertz CT molecular complexity index is 974. The molecule has 1 heterocycles. The Morgan fingerprint density at radius 2 is 1.66 bits per heavy atom. The van der Waals surface area contributed by atoms with Crippen LogP contribution >= 0.6 is 23.2 Å². The summed E-state index contributed by atoms with van der Waals surface area (Å²) in [6.07, 6.45) is 1.15. The minimum atomic E-state index is -0.691. The van der Waals surface area contributed by atoms with Gasteiger partial charge in [-0.1, -0.05) is 55.2 Å². The van der Waals surface area contributed by atoms with Gasteiger partial charge in [-0.25, -0.2) is 0 Å². The van der Waals surface area contributed by atoms with Gasteiger partial charge in [-0.3, -0.25) is 14.4 Å². The Kier molecular flexibility index (Phi) is 8.15. The minimum Gasteiger partial charge on any atom is -0.341 e. The van der Waals surface area contributed by atoms with Gasteiger partial charge in [0.1, 0.15) is 6.04 Å². The number of piperidine rings is 1. The molecule has 2 aromatic carbocycles. The van der Waals surface area contributed by atoms with Gasteiger partial charge in [0.2, 0.25) is 11.8 Å². The molecule has 2 aromatic rings. The summed E-state index contributed by atoms with van der Waals surface area (Å²) in [5.74, 6) is -0.874. The molecule has 1 fully saturated rings. The second kappa shape index (κ2) is 10.8. The number of hydrogen-bond donors (Lipinski definition) is 2. The average molecular weight is 476 g/mol. The molecule has 1 unspecified atom stereocenters. The number of nitrogens with zero attached hydrogens (tertiary/aromatic N) is 1. The monoisotopic (exact) mass is 475 g/mol. The summed E-state index contributed by atoms with van der Waals surface area (Å²) < 4.78 is 0. The van der Waals surface area contributed by atoms with Crippen LogP contribution in [-0.4, -0.2) is 41.8 Å². The quantitative estimate of drug-likeness (QED) is 0.639. The standard InChI is InChI=1S/C24H27Cl2N3O3/c1-15(2)21(28-23(31)19-9-8-17(25)14-20(19)26)24(32)29-12-10-16(11-13-29)22(30)27-18-6-4-3-5-7-18/h3-9,14-16,21H,10-13H2,1-2H3,(H,27,30)(H,28,31). The van der Waals surface area contributed by atoms with E-state index in [2.05, 4.69) is 10.6 Å². The molecular weight excluding hydrogens is 449 g/mol. The number of para-hydroxylation sites is 1. The molecule has 8 heteroatoms. The third-order valence-electron chi connectivity index (χ3n) is 5.61. The number of anilines is 1. The molecule has 32 heavy (non-hydrogen) atoms. The van der Waals surface area contributed by atoms with Gasteiger partial charge >= 0.3 is 0 Å². The molecule has 0 radical (unpaired) electrons. The summed E-state index contributed by atoms with van der Waals surface area (Å²) >= 11 is 12.0. The van der Waals surface area contributed by atoms with E-state index in [1.54, 1.807) is 17.0 Å². The van der Waals surface area contributed by atoms with E-state index < -0.39 is 11.9 Å². The molecule has 3 amide bonds. The van der Waals surface area contributed by atoms with Gasteiger partial charge in [-0.05, 0) is 49.1 Å². The van der Waals surface area contributed by atoms with E-state index in [1.165, 1.54) is 6.07 Å². The number of nitrogens with one attached hydrogen (secondary N) is 2. The second-order valence-electron chi connectivity index (χ2n) is 8.27. The van der Waals surface area contributed by atoms with E-state index in [4.69, 9.17) is 23.2 Å². The van der Waals surface area contributed by atoms with Gasteiger partial charge in [0.05, 0.1) is 10.6 Å². The van der Waals surface area contributed by atoms with Crippen LogP contribution in [0.2, 0.25) is 10.0 Å².